The lowest BCUT2D eigenvalue weighted by atomic mass is 9.98. The van der Waals surface area contributed by atoms with Gasteiger partial charge >= 0.3 is 5.97 Å². The van der Waals surface area contributed by atoms with Gasteiger partial charge in [-0.25, -0.2) is 0 Å². The van der Waals surface area contributed by atoms with Crippen LogP contribution in [0.2, 0.25) is 0 Å². The summed E-state index contributed by atoms with van der Waals surface area (Å²) in [6.45, 7) is 3.95. The van der Waals surface area contributed by atoms with Crippen LogP contribution in [0, 0.1) is 13.8 Å². The van der Waals surface area contributed by atoms with Crippen LogP contribution in [0.15, 0.2) is 18.2 Å². The maximum atomic E-state index is 12.1. The van der Waals surface area contributed by atoms with Crippen LogP contribution < -0.4 is 0 Å². The molecule has 0 aliphatic heterocycles. The summed E-state index contributed by atoms with van der Waals surface area (Å²) in [5.74, 6) is -0.550. The summed E-state index contributed by atoms with van der Waals surface area (Å²) in [7, 11) is 0. The van der Waals surface area contributed by atoms with Crippen LogP contribution in [0.25, 0.3) is 0 Å². The van der Waals surface area contributed by atoms with Gasteiger partial charge in [0, 0.05) is 18.4 Å². The number of carbonyl (C=O) groups is 2. The largest absolute Gasteiger partial charge is 0.481 e. The van der Waals surface area contributed by atoms with Gasteiger partial charge in [0.15, 0.2) is 5.78 Å². The molecule has 3 heteroatoms. The van der Waals surface area contributed by atoms with E-state index in [0.717, 1.165) is 36.0 Å². The predicted molar refractivity (Wildman–Crippen MR) is 75.6 cm³/mol. The molecule has 104 valence electrons. The first-order valence-corrected chi connectivity index (χ1v) is 6.83. The summed E-state index contributed by atoms with van der Waals surface area (Å²) in [6, 6.07) is 5.94. The number of benzene rings is 1. The number of ketones is 1. The third kappa shape index (κ3) is 5.69. The van der Waals surface area contributed by atoms with Gasteiger partial charge in [-0.2, -0.15) is 0 Å². The van der Waals surface area contributed by atoms with Gasteiger partial charge in [0.05, 0.1) is 0 Å². The molecule has 0 unspecified atom stereocenters. The number of carboxylic acid groups (broad SMARTS) is 1. The van der Waals surface area contributed by atoms with Crippen molar-refractivity contribution in [3.8, 4) is 0 Å². The number of aliphatic carboxylic acids is 1. The molecule has 0 aromatic heterocycles. The Bertz CT molecular complexity index is 449. The molecule has 0 radical (unpaired) electrons. The number of rotatable bonds is 8. The molecule has 0 saturated carbocycles. The fourth-order valence-electron chi connectivity index (χ4n) is 2.09. The number of unbranched alkanes of at least 4 members (excludes halogenated alkanes) is 3. The van der Waals surface area contributed by atoms with Gasteiger partial charge < -0.3 is 5.11 Å². The lowest BCUT2D eigenvalue weighted by Gasteiger charge is -2.06. The summed E-state index contributed by atoms with van der Waals surface area (Å²) in [6.07, 6.45) is 4.12. The van der Waals surface area contributed by atoms with E-state index < -0.39 is 5.97 Å². The zero-order valence-electron chi connectivity index (χ0n) is 11.7. The molecule has 0 bridgehead atoms. The summed E-state index contributed by atoms with van der Waals surface area (Å²) >= 11 is 0. The van der Waals surface area contributed by atoms with E-state index in [4.69, 9.17) is 5.11 Å². The van der Waals surface area contributed by atoms with E-state index >= 15 is 0 Å². The van der Waals surface area contributed by atoms with Gasteiger partial charge in [0.1, 0.15) is 0 Å². The molecule has 0 atom stereocenters. The Kier molecular flexibility index (Phi) is 6.26. The molecule has 1 rings (SSSR count). The maximum absolute atomic E-state index is 12.1. The number of Topliss-reactive ketones (excluding diaryl/α,β-unsaturated/α-hetero) is 1. The SMILES string of the molecule is Cc1ccc(C)c(C(=O)CCCCCCC(=O)O)c1. The standard InChI is InChI=1S/C16H22O3/c1-12-9-10-13(2)14(11-12)15(17)7-5-3-4-6-8-16(18)19/h9-11H,3-8H2,1-2H3,(H,18,19). The second kappa shape index (κ2) is 7.72. The minimum atomic E-state index is -0.744. The van der Waals surface area contributed by atoms with E-state index in [1.807, 2.05) is 32.0 Å². The van der Waals surface area contributed by atoms with Gasteiger partial charge in [-0.3, -0.25) is 9.59 Å². The Morgan fingerprint density at radius 2 is 1.63 bits per heavy atom. The van der Waals surface area contributed by atoms with Crippen molar-refractivity contribution in [2.24, 2.45) is 0 Å². The molecule has 0 aliphatic carbocycles. The quantitative estimate of drug-likeness (QED) is 0.571. The Labute approximate surface area is 114 Å². The fraction of sp³-hybridized carbons (Fsp3) is 0.500. The third-order valence-electron chi connectivity index (χ3n) is 3.24. The number of hydrogen-bond acceptors (Lipinski definition) is 2. The molecule has 0 heterocycles. The van der Waals surface area contributed by atoms with Crippen molar-refractivity contribution in [3.63, 3.8) is 0 Å². The van der Waals surface area contributed by atoms with Crippen molar-refractivity contribution in [2.75, 3.05) is 0 Å². The van der Waals surface area contributed by atoms with Crippen molar-refractivity contribution in [3.05, 3.63) is 34.9 Å². The van der Waals surface area contributed by atoms with Gasteiger partial charge in [-0.1, -0.05) is 30.5 Å². The highest BCUT2D eigenvalue weighted by atomic mass is 16.4. The predicted octanol–water partition coefficient (Wildman–Crippen LogP) is 3.91. The van der Waals surface area contributed by atoms with Gasteiger partial charge in [-0.05, 0) is 38.3 Å². The molecular weight excluding hydrogens is 240 g/mol. The van der Waals surface area contributed by atoms with Gasteiger partial charge in [0.25, 0.3) is 0 Å². The molecule has 0 saturated heterocycles. The summed E-state index contributed by atoms with van der Waals surface area (Å²) in [4.78, 5) is 22.4. The van der Waals surface area contributed by atoms with Crippen molar-refractivity contribution in [2.45, 2.75) is 52.4 Å². The van der Waals surface area contributed by atoms with Crippen LogP contribution in [0.5, 0.6) is 0 Å². The molecule has 19 heavy (non-hydrogen) atoms. The molecule has 1 N–H and O–H groups in total. The van der Waals surface area contributed by atoms with Crippen molar-refractivity contribution >= 4 is 11.8 Å². The van der Waals surface area contributed by atoms with Crippen LogP contribution in [0.3, 0.4) is 0 Å². The topological polar surface area (TPSA) is 54.4 Å². The molecule has 0 spiro atoms. The molecular formula is C16H22O3. The number of aryl methyl sites for hydroxylation is 2. The second-order valence-corrected chi connectivity index (χ2v) is 5.05. The highest BCUT2D eigenvalue weighted by molar-refractivity contribution is 5.97. The first-order chi connectivity index (χ1) is 9.00. The highest BCUT2D eigenvalue weighted by Crippen LogP contribution is 2.15. The van der Waals surface area contributed by atoms with Crippen LogP contribution in [-0.2, 0) is 4.79 Å². The highest BCUT2D eigenvalue weighted by Gasteiger charge is 2.08. The van der Waals surface area contributed by atoms with E-state index in [1.165, 1.54) is 0 Å². The van der Waals surface area contributed by atoms with Crippen LogP contribution >= 0.6 is 0 Å². The zero-order chi connectivity index (χ0) is 14.3. The normalized spacial score (nSPS) is 10.4. The van der Waals surface area contributed by atoms with Crippen molar-refractivity contribution < 1.29 is 14.7 Å². The molecule has 0 fully saturated rings. The van der Waals surface area contributed by atoms with E-state index in [2.05, 4.69) is 0 Å². The zero-order valence-corrected chi connectivity index (χ0v) is 11.7. The summed E-state index contributed by atoms with van der Waals surface area (Å²) in [5, 5.41) is 8.51. The number of carboxylic acids is 1. The smallest absolute Gasteiger partial charge is 0.303 e. The van der Waals surface area contributed by atoms with E-state index in [9.17, 15) is 9.59 Å². The van der Waals surface area contributed by atoms with Gasteiger partial charge in [0.2, 0.25) is 0 Å². The lowest BCUT2D eigenvalue weighted by molar-refractivity contribution is -0.137. The number of hydrogen-bond donors (Lipinski definition) is 1. The molecule has 3 nitrogen and oxygen atoms in total. The maximum Gasteiger partial charge on any atom is 0.303 e. The first kappa shape index (κ1) is 15.4. The van der Waals surface area contributed by atoms with E-state index in [1.54, 1.807) is 0 Å². The average molecular weight is 262 g/mol. The monoisotopic (exact) mass is 262 g/mol. The Morgan fingerprint density at radius 1 is 1.00 bits per heavy atom. The third-order valence-corrected chi connectivity index (χ3v) is 3.24. The molecule has 0 aliphatic rings. The summed E-state index contributed by atoms with van der Waals surface area (Å²) in [5.41, 5.74) is 2.96. The fourth-order valence-corrected chi connectivity index (χ4v) is 2.09. The molecule has 0 amide bonds. The van der Waals surface area contributed by atoms with Crippen LogP contribution in [-0.4, -0.2) is 16.9 Å². The minimum absolute atomic E-state index is 0.194. The Balaban J connectivity index is 2.31. The average Bonchev–Trinajstić information content (AvgIpc) is 2.36. The Hall–Kier alpha value is -1.64. The second-order valence-electron chi connectivity index (χ2n) is 5.05. The Morgan fingerprint density at radius 3 is 2.26 bits per heavy atom. The van der Waals surface area contributed by atoms with Crippen LogP contribution in [0.4, 0.5) is 0 Å². The molecule has 1 aromatic carbocycles. The minimum Gasteiger partial charge on any atom is -0.481 e. The van der Waals surface area contributed by atoms with Crippen molar-refractivity contribution in [1.82, 2.24) is 0 Å². The first-order valence-electron chi connectivity index (χ1n) is 6.83. The van der Waals surface area contributed by atoms with Gasteiger partial charge in [-0.15, -0.1) is 0 Å². The van der Waals surface area contributed by atoms with E-state index in [-0.39, 0.29) is 12.2 Å². The van der Waals surface area contributed by atoms with E-state index in [0.29, 0.717) is 12.8 Å². The van der Waals surface area contributed by atoms with Crippen molar-refractivity contribution in [1.29, 1.82) is 0 Å². The number of carbonyl (C=O) groups excluding carboxylic acids is 1. The lowest BCUT2D eigenvalue weighted by Crippen LogP contribution is -2.02. The van der Waals surface area contributed by atoms with Crippen LogP contribution in [0.1, 0.15) is 60.0 Å². The summed E-state index contributed by atoms with van der Waals surface area (Å²) < 4.78 is 0. The molecule has 1 aromatic rings.